The predicted octanol–water partition coefficient (Wildman–Crippen LogP) is 23.1. The van der Waals surface area contributed by atoms with E-state index in [4.69, 9.17) is 9.47 Å². The molecule has 0 saturated heterocycles. The van der Waals surface area contributed by atoms with Gasteiger partial charge in [-0.3, -0.25) is 0 Å². The third kappa shape index (κ3) is 17.9. The molecule has 0 amide bonds. The largest absolute Gasteiger partial charge is 0.497 e. The molecule has 0 aliphatic heterocycles. The Hall–Kier alpha value is -10.2. The van der Waals surface area contributed by atoms with E-state index in [-0.39, 0.29) is 73.4 Å². The van der Waals surface area contributed by atoms with Crippen LogP contribution < -0.4 is 9.47 Å². The lowest BCUT2D eigenvalue weighted by atomic mass is 10.2. The molecule has 0 radical (unpaired) electrons. The van der Waals surface area contributed by atoms with Gasteiger partial charge in [0, 0.05) is 43.2 Å². The molecule has 3 N–H and O–H groups in total. The molecule has 3 atom stereocenters. The molecule has 3 unspecified atom stereocenters. The lowest BCUT2D eigenvalue weighted by Gasteiger charge is -2.11. The Morgan fingerprint density at radius 1 is 0.267 bits per heavy atom. The van der Waals surface area contributed by atoms with E-state index in [0.717, 1.165) is 33.1 Å². The SMILES string of the molecule is COc1ccc([S+](c2ccccc2)c2ccc(CO)cc2)cc1.COc1ccccc1[S+](c1ccccc1)c1ccc(CO)cc1.OCc1ccc([S+](c2ccccc2)c2ccccc2)cc1.c1ccc(-[s+]2c3ccccc3c3ccccc32)cc1.c1ccc(-[s+]2ccc3ccccc32)cc1. The van der Waals surface area contributed by atoms with Crippen molar-refractivity contribution in [1.82, 2.24) is 0 Å². The molecule has 498 valence electrons. The average molecular weight is 1410 g/mol. The van der Waals surface area contributed by atoms with Crippen molar-refractivity contribution in [2.75, 3.05) is 14.2 Å². The lowest BCUT2D eigenvalue weighted by Crippen LogP contribution is -2.06. The number of hydrogen-bond donors (Lipinski definition) is 3. The second kappa shape index (κ2) is 36.2. The first kappa shape index (κ1) is 70.6. The van der Waals surface area contributed by atoms with Crippen molar-refractivity contribution in [3.8, 4) is 21.3 Å². The summed E-state index contributed by atoms with van der Waals surface area (Å²) in [6, 6.07) is 133. The normalized spacial score (nSPS) is 11.5. The summed E-state index contributed by atoms with van der Waals surface area (Å²) in [5.74, 6) is 1.76. The van der Waals surface area contributed by atoms with Crippen molar-refractivity contribution < 1.29 is 24.8 Å². The number of ether oxygens (including phenoxy) is 2. The molecular weight excluding hydrogens is 1330 g/mol. The van der Waals surface area contributed by atoms with Gasteiger partial charge in [-0.25, -0.2) is 0 Å². The maximum absolute atomic E-state index is 9.27. The van der Waals surface area contributed by atoms with E-state index in [9.17, 15) is 15.3 Å². The van der Waals surface area contributed by atoms with Gasteiger partial charge >= 0.3 is 0 Å². The number of benzene rings is 14. The Labute approximate surface area is 607 Å². The van der Waals surface area contributed by atoms with Crippen molar-refractivity contribution >= 4 is 83.9 Å². The molecule has 16 rings (SSSR count). The van der Waals surface area contributed by atoms with Crippen LogP contribution in [0.4, 0.5) is 0 Å². The number of aliphatic hydroxyl groups is 3. The van der Waals surface area contributed by atoms with E-state index >= 15 is 0 Å². The maximum Gasteiger partial charge on any atom is 0.208 e. The maximum atomic E-state index is 9.27. The van der Waals surface area contributed by atoms with Gasteiger partial charge in [-0.2, -0.15) is 0 Å². The van der Waals surface area contributed by atoms with Crippen molar-refractivity contribution in [2.45, 2.75) is 63.9 Å². The van der Waals surface area contributed by atoms with Crippen LogP contribution in [0.1, 0.15) is 16.7 Å². The van der Waals surface area contributed by atoms with E-state index in [0.29, 0.717) is 0 Å². The molecule has 10 heteroatoms. The Morgan fingerprint density at radius 3 is 0.990 bits per heavy atom. The summed E-state index contributed by atoms with van der Waals surface area (Å²) >= 11 is 0. The summed E-state index contributed by atoms with van der Waals surface area (Å²) < 4.78 is 15.2. The van der Waals surface area contributed by atoms with Gasteiger partial charge in [-0.15, -0.1) is 0 Å². The second-order valence-electron chi connectivity index (χ2n) is 23.0. The third-order valence-electron chi connectivity index (χ3n) is 16.5. The zero-order valence-corrected chi connectivity index (χ0v) is 60.4. The van der Waals surface area contributed by atoms with Gasteiger partial charge in [0.2, 0.25) is 4.90 Å². The molecule has 2 heterocycles. The molecule has 2 aromatic heterocycles. The zero-order valence-electron chi connectivity index (χ0n) is 56.3. The van der Waals surface area contributed by atoms with Gasteiger partial charge in [-0.1, -0.05) is 194 Å². The summed E-state index contributed by atoms with van der Waals surface area (Å²) in [5.41, 5.74) is 2.80. The second-order valence-corrected chi connectivity index (χ2v) is 32.9. The summed E-state index contributed by atoms with van der Waals surface area (Å²) in [4.78, 5) is 14.1. The number of hydrogen-bond acceptors (Lipinski definition) is 5. The van der Waals surface area contributed by atoms with Crippen molar-refractivity contribution in [3.63, 3.8) is 0 Å². The molecule has 0 aliphatic rings. The van der Waals surface area contributed by atoms with Crippen LogP contribution in [0, 0.1) is 0 Å². The first-order chi connectivity index (χ1) is 49.9. The van der Waals surface area contributed by atoms with Gasteiger partial charge in [-0.05, 0) is 199 Å². The smallest absolute Gasteiger partial charge is 0.208 e. The van der Waals surface area contributed by atoms with Crippen molar-refractivity contribution in [1.29, 1.82) is 0 Å². The Morgan fingerprint density at radius 2 is 0.584 bits per heavy atom. The lowest BCUT2D eigenvalue weighted by molar-refractivity contribution is 0.281. The first-order valence-corrected chi connectivity index (χ1v) is 39.4. The third-order valence-corrected chi connectivity index (χ3v) is 27.6. The van der Waals surface area contributed by atoms with Gasteiger partial charge in [0.15, 0.2) is 68.8 Å². The van der Waals surface area contributed by atoms with Crippen LogP contribution in [0.3, 0.4) is 0 Å². The molecule has 0 fully saturated rings. The van der Waals surface area contributed by atoms with Crippen molar-refractivity contribution in [3.05, 3.63) is 404 Å². The summed E-state index contributed by atoms with van der Waals surface area (Å²) in [7, 11) is 3.08. The van der Waals surface area contributed by atoms with Crippen LogP contribution in [0.5, 0.6) is 11.5 Å². The van der Waals surface area contributed by atoms with Crippen LogP contribution in [0.15, 0.2) is 432 Å². The fraction of sp³-hybridized carbons (Fsp3) is 0.0549. The minimum atomic E-state index is -0.243. The number of thiophene rings is 2. The van der Waals surface area contributed by atoms with Gasteiger partial charge in [0.25, 0.3) is 0 Å². The van der Waals surface area contributed by atoms with Gasteiger partial charge in [0.05, 0.1) is 55.8 Å². The number of para-hydroxylation sites is 1. The molecular formula is C91H79O5S5+5. The van der Waals surface area contributed by atoms with Crippen LogP contribution in [-0.4, -0.2) is 29.5 Å². The molecule has 0 aliphatic carbocycles. The van der Waals surface area contributed by atoms with E-state index in [1.165, 1.54) is 79.2 Å². The minimum absolute atomic E-state index is 0.0594. The highest BCUT2D eigenvalue weighted by molar-refractivity contribution is 7.97. The van der Waals surface area contributed by atoms with Gasteiger partial charge in [0.1, 0.15) is 22.0 Å². The topological polar surface area (TPSA) is 79.2 Å². The molecule has 5 nitrogen and oxygen atoms in total. The van der Waals surface area contributed by atoms with E-state index in [1.54, 1.807) is 14.2 Å². The van der Waals surface area contributed by atoms with Crippen LogP contribution in [-0.2, 0) is 52.5 Å². The van der Waals surface area contributed by atoms with E-state index in [1.807, 2.05) is 91.0 Å². The molecule has 0 saturated carbocycles. The van der Waals surface area contributed by atoms with E-state index < -0.39 is 0 Å². The summed E-state index contributed by atoms with van der Waals surface area (Å²) in [6.45, 7) is 0.223. The predicted molar refractivity (Wildman–Crippen MR) is 428 cm³/mol. The molecule has 16 aromatic rings. The zero-order chi connectivity index (χ0) is 69.4. The highest BCUT2D eigenvalue weighted by Gasteiger charge is 2.33. The standard InChI is InChI=1S/2C20H19O2S.C19H17OS.C18H13S.C14H11S/c1-22-19-9-5-6-10-20(19)23(17-7-3-2-4-8-17)18-13-11-16(15-21)12-14-18;1-22-17-9-13-20(14-10-17)23(18-5-3-2-4-6-18)19-11-7-16(15-21)8-12-19;20-15-16-11-13-19(14-12-16)21(17-7-3-1-4-8-17)18-9-5-2-6-10-18;1-2-8-14(9-3-1)19-17-12-6-4-10-15(17)16-11-5-7-13-18(16)19;1-2-7-13(8-3-1)15-11-10-12-6-4-5-9-14(12)15/h2*2-14,21H,15H2,1H3;1-14,20H,15H2;1-13H;1-11H/q5*+1. The fourth-order valence-electron chi connectivity index (χ4n) is 11.6. The Kier molecular flexibility index (Phi) is 25.3. The molecule has 0 bridgehead atoms. The average Bonchev–Trinajstić information content (AvgIpc) is 1.61. The minimum Gasteiger partial charge on any atom is -0.497 e. The number of aliphatic hydroxyl groups excluding tert-OH is 3. The number of fused-ring (bicyclic) bond motifs is 4. The molecule has 0 spiro atoms. The first-order valence-electron chi connectivity index (χ1n) is 33.3. The summed E-state index contributed by atoms with van der Waals surface area (Å²) in [6.07, 6.45) is 0. The number of methoxy groups -OCH3 is 2. The van der Waals surface area contributed by atoms with Crippen LogP contribution in [0.2, 0.25) is 0 Å². The van der Waals surface area contributed by atoms with Gasteiger partial charge < -0.3 is 24.8 Å². The quantitative estimate of drug-likeness (QED) is 0.0840. The fourth-order valence-corrected chi connectivity index (χ4v) is 22.2. The number of rotatable bonds is 16. The highest BCUT2D eigenvalue weighted by Crippen LogP contribution is 2.48. The molecule has 14 aromatic carbocycles. The van der Waals surface area contributed by atoms with Crippen LogP contribution >= 0.6 is 20.9 Å². The molecule has 101 heavy (non-hydrogen) atoms. The Bertz CT molecular complexity index is 4980. The monoisotopic (exact) mass is 1410 g/mol. The van der Waals surface area contributed by atoms with Crippen molar-refractivity contribution in [2.24, 2.45) is 0 Å². The van der Waals surface area contributed by atoms with E-state index in [2.05, 4.69) is 297 Å². The van der Waals surface area contributed by atoms with Crippen LogP contribution in [0.25, 0.3) is 40.0 Å². The summed E-state index contributed by atoms with van der Waals surface area (Å²) in [5, 5.41) is 34.2. The highest BCUT2D eigenvalue weighted by atomic mass is 32.2. The Balaban J connectivity index is 0.000000120.